The Hall–Kier alpha value is -2.18. The van der Waals surface area contributed by atoms with E-state index < -0.39 is 6.04 Å². The van der Waals surface area contributed by atoms with Crippen LogP contribution in [-0.4, -0.2) is 21.6 Å². The van der Waals surface area contributed by atoms with Gasteiger partial charge in [-0.05, 0) is 50.3 Å². The van der Waals surface area contributed by atoms with E-state index in [2.05, 4.69) is 4.98 Å². The number of rotatable bonds is 4. The van der Waals surface area contributed by atoms with Crippen LogP contribution >= 0.6 is 22.9 Å². The number of carbonyl (C=O) groups excluding carboxylic acids is 1. The average Bonchev–Trinajstić information content (AvgIpc) is 3.14. The van der Waals surface area contributed by atoms with Crippen LogP contribution in [0, 0.1) is 0 Å². The van der Waals surface area contributed by atoms with Crippen molar-refractivity contribution in [3.05, 3.63) is 51.3 Å². The quantitative estimate of drug-likeness (QED) is 0.547. The number of thiophene rings is 1. The fourth-order valence-electron chi connectivity index (χ4n) is 3.62. The number of aromatic nitrogens is 2. The van der Waals surface area contributed by atoms with Crippen LogP contribution in [0.1, 0.15) is 45.1 Å². The maximum absolute atomic E-state index is 13.2. The van der Waals surface area contributed by atoms with Crippen LogP contribution in [-0.2, 0) is 9.53 Å². The number of fused-ring (bicyclic) bond motifs is 1. The second-order valence-corrected chi connectivity index (χ2v) is 8.46. The monoisotopic (exact) mass is 416 g/mol. The molecule has 7 heteroatoms. The molecule has 2 heterocycles. The highest BCUT2D eigenvalue weighted by Crippen LogP contribution is 2.31. The highest BCUT2D eigenvalue weighted by atomic mass is 35.5. The van der Waals surface area contributed by atoms with Crippen LogP contribution in [0.15, 0.2) is 40.8 Å². The number of nitrogens with zero attached hydrogens (tertiary/aromatic N) is 2. The number of esters is 1. The number of hydrogen-bond donors (Lipinski definition) is 0. The van der Waals surface area contributed by atoms with E-state index in [0.717, 1.165) is 36.8 Å². The maximum Gasteiger partial charge on any atom is 0.329 e. The maximum atomic E-state index is 13.2. The molecule has 5 nitrogen and oxygen atoms in total. The normalized spacial score (nSPS) is 16.2. The van der Waals surface area contributed by atoms with Crippen LogP contribution in [0.5, 0.6) is 0 Å². The van der Waals surface area contributed by atoms with Crippen molar-refractivity contribution in [2.75, 3.05) is 0 Å². The SMILES string of the molecule is C[C@@H](C(=O)OC1CCCCC1)n1cnc2scc(-c3ccc(Cl)cc3)c2c1=O. The molecule has 1 saturated carbocycles. The molecule has 0 aliphatic heterocycles. The van der Waals surface area contributed by atoms with Crippen LogP contribution < -0.4 is 5.56 Å². The smallest absolute Gasteiger partial charge is 0.329 e. The summed E-state index contributed by atoms with van der Waals surface area (Å²) in [6.45, 7) is 1.69. The van der Waals surface area contributed by atoms with Gasteiger partial charge < -0.3 is 4.74 Å². The lowest BCUT2D eigenvalue weighted by atomic mass is 9.98. The molecule has 0 amide bonds. The van der Waals surface area contributed by atoms with Crippen molar-refractivity contribution >= 4 is 39.1 Å². The standard InChI is InChI=1S/C21H21ClN2O3S/c1-13(21(26)27-16-5-3-2-4-6-16)24-12-23-19-18(20(24)25)17(11-28-19)14-7-9-15(22)10-8-14/h7-13,16H,2-6H2,1H3/t13-/m0/s1. The van der Waals surface area contributed by atoms with E-state index in [-0.39, 0.29) is 17.6 Å². The highest BCUT2D eigenvalue weighted by Gasteiger charge is 2.25. The molecule has 1 aromatic carbocycles. The Kier molecular flexibility index (Phi) is 5.51. The van der Waals surface area contributed by atoms with Gasteiger partial charge in [-0.15, -0.1) is 11.3 Å². The molecule has 4 rings (SSSR count). The fraction of sp³-hybridized carbons (Fsp3) is 0.381. The third-order valence-electron chi connectivity index (χ3n) is 5.27. The van der Waals surface area contributed by atoms with Gasteiger partial charge in [0.15, 0.2) is 0 Å². The molecule has 1 atom stereocenters. The van der Waals surface area contributed by atoms with Crippen molar-refractivity contribution in [3.8, 4) is 11.1 Å². The summed E-state index contributed by atoms with van der Waals surface area (Å²) in [7, 11) is 0. The van der Waals surface area contributed by atoms with Crippen molar-refractivity contribution in [1.29, 1.82) is 0 Å². The van der Waals surface area contributed by atoms with E-state index in [1.807, 2.05) is 17.5 Å². The van der Waals surface area contributed by atoms with Gasteiger partial charge in [-0.3, -0.25) is 9.36 Å². The fourth-order valence-corrected chi connectivity index (χ4v) is 4.66. The largest absolute Gasteiger partial charge is 0.461 e. The third kappa shape index (κ3) is 3.71. The minimum atomic E-state index is -0.718. The number of hydrogen-bond acceptors (Lipinski definition) is 5. The van der Waals surface area contributed by atoms with Crippen LogP contribution in [0.25, 0.3) is 21.3 Å². The summed E-state index contributed by atoms with van der Waals surface area (Å²) >= 11 is 7.39. The Morgan fingerprint density at radius 2 is 1.96 bits per heavy atom. The molecule has 0 radical (unpaired) electrons. The summed E-state index contributed by atoms with van der Waals surface area (Å²) in [5, 5.41) is 3.07. The molecule has 0 unspecified atom stereocenters. The number of ether oxygens (including phenoxy) is 1. The van der Waals surface area contributed by atoms with Gasteiger partial charge in [0, 0.05) is 16.0 Å². The van der Waals surface area contributed by atoms with Crippen molar-refractivity contribution in [3.63, 3.8) is 0 Å². The molecule has 146 valence electrons. The van der Waals surface area contributed by atoms with Crippen molar-refractivity contribution in [1.82, 2.24) is 9.55 Å². The lowest BCUT2D eigenvalue weighted by Gasteiger charge is -2.24. The first-order chi connectivity index (χ1) is 13.5. The molecule has 0 N–H and O–H groups in total. The summed E-state index contributed by atoms with van der Waals surface area (Å²) < 4.78 is 7.02. The van der Waals surface area contributed by atoms with E-state index in [4.69, 9.17) is 16.3 Å². The zero-order valence-electron chi connectivity index (χ0n) is 15.6. The Balaban J connectivity index is 1.67. The van der Waals surface area contributed by atoms with Crippen LogP contribution in [0.4, 0.5) is 0 Å². The Labute approximate surface area is 171 Å². The van der Waals surface area contributed by atoms with Crippen molar-refractivity contribution in [2.24, 2.45) is 0 Å². The molecule has 28 heavy (non-hydrogen) atoms. The van der Waals surface area contributed by atoms with Gasteiger partial charge in [0.25, 0.3) is 5.56 Å². The van der Waals surface area contributed by atoms with Gasteiger partial charge >= 0.3 is 5.97 Å². The zero-order chi connectivity index (χ0) is 19.7. The topological polar surface area (TPSA) is 61.2 Å². The number of carbonyl (C=O) groups is 1. The van der Waals surface area contributed by atoms with Crippen LogP contribution in [0.2, 0.25) is 5.02 Å². The van der Waals surface area contributed by atoms with Crippen molar-refractivity contribution < 1.29 is 9.53 Å². The molecular weight excluding hydrogens is 396 g/mol. The van der Waals surface area contributed by atoms with Gasteiger partial charge in [0.2, 0.25) is 0 Å². The van der Waals surface area contributed by atoms with E-state index >= 15 is 0 Å². The van der Waals surface area contributed by atoms with Gasteiger partial charge in [-0.2, -0.15) is 0 Å². The minimum Gasteiger partial charge on any atom is -0.461 e. The van der Waals surface area contributed by atoms with E-state index in [1.165, 1.54) is 28.7 Å². The predicted octanol–water partition coefficient (Wildman–Crippen LogP) is 5.22. The van der Waals surface area contributed by atoms with E-state index in [1.54, 1.807) is 19.1 Å². The van der Waals surface area contributed by atoms with Gasteiger partial charge in [-0.25, -0.2) is 9.78 Å². The summed E-state index contributed by atoms with van der Waals surface area (Å²) in [5.74, 6) is -0.376. The second kappa shape index (κ2) is 8.05. The summed E-state index contributed by atoms with van der Waals surface area (Å²) in [6, 6.07) is 6.62. The highest BCUT2D eigenvalue weighted by molar-refractivity contribution is 7.17. The molecule has 3 aromatic rings. The third-order valence-corrected chi connectivity index (χ3v) is 6.41. The molecule has 0 bridgehead atoms. The summed E-state index contributed by atoms with van der Waals surface area (Å²) in [6.07, 6.45) is 6.56. The molecular formula is C21H21ClN2O3S. The lowest BCUT2D eigenvalue weighted by Crippen LogP contribution is -2.32. The van der Waals surface area contributed by atoms with Gasteiger partial charge in [-0.1, -0.05) is 30.2 Å². The van der Waals surface area contributed by atoms with Crippen molar-refractivity contribution in [2.45, 2.75) is 51.2 Å². The predicted molar refractivity (Wildman–Crippen MR) is 112 cm³/mol. The molecule has 1 aliphatic carbocycles. The molecule has 1 fully saturated rings. The average molecular weight is 417 g/mol. The molecule has 0 saturated heterocycles. The number of halogens is 1. The van der Waals surface area contributed by atoms with Gasteiger partial charge in [0.05, 0.1) is 11.7 Å². The second-order valence-electron chi connectivity index (χ2n) is 7.17. The summed E-state index contributed by atoms with van der Waals surface area (Å²) in [4.78, 5) is 30.8. The molecule has 2 aromatic heterocycles. The minimum absolute atomic E-state index is 0.0399. The Morgan fingerprint density at radius 3 is 2.68 bits per heavy atom. The number of benzene rings is 1. The lowest BCUT2D eigenvalue weighted by molar-refractivity contribution is -0.154. The van der Waals surface area contributed by atoms with Gasteiger partial charge in [0.1, 0.15) is 17.0 Å². The van der Waals surface area contributed by atoms with Crippen LogP contribution in [0.3, 0.4) is 0 Å². The molecule has 0 spiro atoms. The first kappa shape index (κ1) is 19.2. The Morgan fingerprint density at radius 1 is 1.25 bits per heavy atom. The van der Waals surface area contributed by atoms with E-state index in [9.17, 15) is 9.59 Å². The summed E-state index contributed by atoms with van der Waals surface area (Å²) in [5.41, 5.74) is 1.46. The Bertz CT molecular complexity index is 1050. The van der Waals surface area contributed by atoms with E-state index in [0.29, 0.717) is 15.2 Å². The molecule has 1 aliphatic rings. The zero-order valence-corrected chi connectivity index (χ0v) is 17.1. The first-order valence-corrected chi connectivity index (χ1v) is 10.7. The first-order valence-electron chi connectivity index (χ1n) is 9.49.